The van der Waals surface area contributed by atoms with Gasteiger partial charge in [-0.1, -0.05) is 27.2 Å². The van der Waals surface area contributed by atoms with Gasteiger partial charge < -0.3 is 4.74 Å². The van der Waals surface area contributed by atoms with Gasteiger partial charge in [-0.25, -0.2) is 4.79 Å². The van der Waals surface area contributed by atoms with Crippen molar-refractivity contribution in [2.24, 2.45) is 5.41 Å². The number of rotatable bonds is 3. The van der Waals surface area contributed by atoms with Gasteiger partial charge in [0.25, 0.3) is 0 Å². The lowest BCUT2D eigenvalue weighted by atomic mass is 9.78. The second kappa shape index (κ2) is 7.35. The number of ketones is 1. The summed E-state index contributed by atoms with van der Waals surface area (Å²) < 4.78 is 7.34. The van der Waals surface area contributed by atoms with Gasteiger partial charge in [0.15, 0.2) is 0 Å². The number of carbonyl (C=O) groups is 2. The van der Waals surface area contributed by atoms with E-state index in [9.17, 15) is 9.59 Å². The fraction of sp³-hybridized carbons (Fsp3) is 0.714. The average molecular weight is 347 g/mol. The molecule has 25 heavy (non-hydrogen) atoms. The summed E-state index contributed by atoms with van der Waals surface area (Å²) in [5, 5.41) is 0. The molecule has 0 unspecified atom stereocenters. The maximum atomic E-state index is 12.8. The smallest absolute Gasteiger partial charge is 0.418 e. The largest absolute Gasteiger partial charge is 0.443 e. The van der Waals surface area contributed by atoms with Gasteiger partial charge in [0.2, 0.25) is 0 Å². The van der Waals surface area contributed by atoms with Crippen molar-refractivity contribution >= 4 is 11.9 Å². The van der Waals surface area contributed by atoms with Crippen LogP contribution in [0, 0.1) is 5.41 Å². The molecule has 1 aliphatic rings. The molecule has 2 rings (SSSR count). The predicted molar refractivity (Wildman–Crippen MR) is 100 cm³/mol. The molecule has 0 saturated heterocycles. The Morgan fingerprint density at radius 1 is 1.24 bits per heavy atom. The average Bonchev–Trinajstić information content (AvgIpc) is 2.76. The van der Waals surface area contributed by atoms with E-state index in [0.29, 0.717) is 18.6 Å². The van der Waals surface area contributed by atoms with Crippen LogP contribution in [0.3, 0.4) is 0 Å². The van der Waals surface area contributed by atoms with E-state index in [4.69, 9.17) is 4.74 Å². The minimum Gasteiger partial charge on any atom is -0.443 e. The highest BCUT2D eigenvalue weighted by Gasteiger charge is 2.31. The highest BCUT2D eigenvalue weighted by atomic mass is 16.6. The molecule has 1 heterocycles. The van der Waals surface area contributed by atoms with Crippen molar-refractivity contribution in [1.82, 2.24) is 4.57 Å². The van der Waals surface area contributed by atoms with Crippen LogP contribution in [-0.4, -0.2) is 22.0 Å². The molecular weight excluding hydrogens is 314 g/mol. The molecule has 140 valence electrons. The van der Waals surface area contributed by atoms with Gasteiger partial charge in [-0.15, -0.1) is 0 Å². The van der Waals surface area contributed by atoms with Crippen LogP contribution in [-0.2, 0) is 28.8 Å². The first kappa shape index (κ1) is 19.7. The summed E-state index contributed by atoms with van der Waals surface area (Å²) in [6, 6.07) is 0. The van der Waals surface area contributed by atoms with Gasteiger partial charge in [-0.3, -0.25) is 9.36 Å². The number of fused-ring (bicyclic) bond motifs is 1. The molecule has 0 bridgehead atoms. The molecule has 1 aromatic rings. The molecule has 0 amide bonds. The van der Waals surface area contributed by atoms with Crippen LogP contribution in [0.5, 0.6) is 0 Å². The van der Waals surface area contributed by atoms with E-state index in [2.05, 4.69) is 20.8 Å². The maximum Gasteiger partial charge on any atom is 0.418 e. The lowest BCUT2D eigenvalue weighted by Crippen LogP contribution is -2.30. The summed E-state index contributed by atoms with van der Waals surface area (Å²) in [4.78, 5) is 25.0. The van der Waals surface area contributed by atoms with Gasteiger partial charge in [-0.2, -0.15) is 0 Å². The third-order valence-corrected chi connectivity index (χ3v) is 4.68. The van der Waals surface area contributed by atoms with Crippen LogP contribution < -0.4 is 0 Å². The van der Waals surface area contributed by atoms with Crippen LogP contribution in [0.4, 0.5) is 4.79 Å². The molecule has 0 spiro atoms. The molecule has 4 nitrogen and oxygen atoms in total. The Morgan fingerprint density at radius 2 is 1.92 bits per heavy atom. The minimum atomic E-state index is -0.523. The number of aromatic nitrogens is 1. The van der Waals surface area contributed by atoms with Crippen molar-refractivity contribution in [2.45, 2.75) is 92.1 Å². The van der Waals surface area contributed by atoms with Crippen molar-refractivity contribution in [1.29, 1.82) is 0 Å². The third-order valence-electron chi connectivity index (χ3n) is 4.68. The normalized spacial score (nSPS) is 17.6. The Morgan fingerprint density at radius 3 is 2.52 bits per heavy atom. The lowest BCUT2D eigenvalue weighted by Gasteiger charge is -2.28. The predicted octanol–water partition coefficient (Wildman–Crippen LogP) is 5.09. The van der Waals surface area contributed by atoms with E-state index in [1.54, 1.807) is 4.57 Å². The van der Waals surface area contributed by atoms with E-state index in [1.807, 2.05) is 27.0 Å². The Balaban J connectivity index is 2.48. The fourth-order valence-electron chi connectivity index (χ4n) is 3.60. The number of carbonyl (C=O) groups excluding carboxylic acids is 2. The van der Waals surface area contributed by atoms with Gasteiger partial charge in [0, 0.05) is 24.7 Å². The highest BCUT2D eigenvalue weighted by Crippen LogP contribution is 2.34. The summed E-state index contributed by atoms with van der Waals surface area (Å²) in [6.07, 6.45) is 7.37. The molecule has 0 aromatic carbocycles. The zero-order chi connectivity index (χ0) is 18.8. The zero-order valence-corrected chi connectivity index (χ0v) is 16.7. The molecular formula is C21H33NO3. The number of hydrogen-bond donors (Lipinski definition) is 0. The molecule has 1 aliphatic carbocycles. The van der Waals surface area contributed by atoms with Crippen LogP contribution in [0.15, 0.2) is 6.20 Å². The van der Waals surface area contributed by atoms with E-state index in [0.717, 1.165) is 37.8 Å². The number of hydrogen-bond acceptors (Lipinski definition) is 3. The van der Waals surface area contributed by atoms with Gasteiger partial charge in [0.1, 0.15) is 11.4 Å². The molecule has 0 radical (unpaired) electrons. The van der Waals surface area contributed by atoms with Crippen molar-refractivity contribution in [3.63, 3.8) is 0 Å². The number of ether oxygens (including phenoxy) is 1. The molecule has 0 aliphatic heterocycles. The summed E-state index contributed by atoms with van der Waals surface area (Å²) in [5.74, 6) is 0.321. The molecule has 0 fully saturated rings. The lowest BCUT2D eigenvalue weighted by molar-refractivity contribution is -0.121. The van der Waals surface area contributed by atoms with Gasteiger partial charge in [0.05, 0.1) is 0 Å². The number of aryl methyl sites for hydroxylation is 1. The second-order valence-corrected chi connectivity index (χ2v) is 9.09. The number of Topliss-reactive ketones (excluding diaryl/α,β-unsaturated/α-hetero) is 1. The first-order chi connectivity index (χ1) is 11.5. The quantitative estimate of drug-likeness (QED) is 0.765. The van der Waals surface area contributed by atoms with E-state index in [1.165, 1.54) is 11.1 Å². The Hall–Kier alpha value is -1.58. The highest BCUT2D eigenvalue weighted by molar-refractivity contribution is 5.80. The van der Waals surface area contributed by atoms with Crippen LogP contribution in [0.2, 0.25) is 0 Å². The fourth-order valence-corrected chi connectivity index (χ4v) is 3.60. The van der Waals surface area contributed by atoms with Gasteiger partial charge in [-0.05, 0) is 63.0 Å². The minimum absolute atomic E-state index is 0.146. The van der Waals surface area contributed by atoms with Crippen molar-refractivity contribution in [2.75, 3.05) is 0 Å². The Labute approximate surface area is 151 Å². The Kier molecular flexibility index (Phi) is 5.80. The third kappa shape index (κ3) is 5.20. The Bertz CT molecular complexity index is 647. The van der Waals surface area contributed by atoms with Crippen LogP contribution >= 0.6 is 0 Å². The molecule has 0 atom stereocenters. The molecule has 1 aromatic heterocycles. The first-order valence-corrected chi connectivity index (χ1v) is 9.49. The molecule has 0 N–H and O–H groups in total. The number of unbranched alkanes of at least 4 members (excludes halogenated alkanes) is 1. The van der Waals surface area contributed by atoms with Crippen LogP contribution in [0.25, 0.3) is 0 Å². The topological polar surface area (TPSA) is 48.3 Å². The van der Waals surface area contributed by atoms with E-state index in [-0.39, 0.29) is 11.5 Å². The summed E-state index contributed by atoms with van der Waals surface area (Å²) in [6.45, 7) is 12.0. The van der Waals surface area contributed by atoms with Crippen molar-refractivity contribution < 1.29 is 14.3 Å². The van der Waals surface area contributed by atoms with Gasteiger partial charge >= 0.3 is 6.09 Å². The van der Waals surface area contributed by atoms with E-state index >= 15 is 0 Å². The summed E-state index contributed by atoms with van der Waals surface area (Å²) in [7, 11) is 0. The first-order valence-electron chi connectivity index (χ1n) is 9.49. The maximum absolute atomic E-state index is 12.8. The standard InChI is InChI=1S/C21H33NO3/c1-7-8-9-15-14-22(19(24)25-20(2,3)4)18-13-21(5,6)12-16(23)10-11-17(15)18/h14H,7-13H2,1-6H3. The molecule has 4 heteroatoms. The van der Waals surface area contributed by atoms with E-state index < -0.39 is 5.60 Å². The van der Waals surface area contributed by atoms with Crippen LogP contribution in [0.1, 0.15) is 84.0 Å². The zero-order valence-electron chi connectivity index (χ0n) is 16.7. The van der Waals surface area contributed by atoms with Crippen molar-refractivity contribution in [3.05, 3.63) is 23.0 Å². The van der Waals surface area contributed by atoms with Crippen molar-refractivity contribution in [3.8, 4) is 0 Å². The summed E-state index contributed by atoms with van der Waals surface area (Å²) in [5.41, 5.74) is 2.77. The SMILES string of the molecule is CCCCc1cn(C(=O)OC(C)(C)C)c2c1CCC(=O)CC(C)(C)C2. The monoisotopic (exact) mass is 347 g/mol. The summed E-state index contributed by atoms with van der Waals surface area (Å²) >= 11 is 0. The number of nitrogens with zero attached hydrogens (tertiary/aromatic N) is 1. The second-order valence-electron chi connectivity index (χ2n) is 9.09. The molecule has 0 saturated carbocycles.